The van der Waals surface area contributed by atoms with Crippen molar-refractivity contribution in [1.29, 1.82) is 0 Å². The molecule has 1 rings (SSSR count). The first-order valence-electron chi connectivity index (χ1n) is 4.68. The molecule has 3 unspecified atom stereocenters. The lowest BCUT2D eigenvalue weighted by atomic mass is 9.97. The van der Waals surface area contributed by atoms with Crippen LogP contribution in [0.25, 0.3) is 0 Å². The minimum atomic E-state index is -1.75. The standard InChI is InChI=1S/C11H16O2S/c1-8-4-6-11(7-5-8)9(2)10(3)14(12)13/h4-7,9-10H,1-3H3,(H,12,13). The first kappa shape index (κ1) is 11.4. The van der Waals surface area contributed by atoms with Gasteiger partial charge in [0.05, 0.1) is 5.25 Å². The molecule has 0 heterocycles. The zero-order valence-corrected chi connectivity index (χ0v) is 9.54. The van der Waals surface area contributed by atoms with Crippen molar-refractivity contribution in [2.75, 3.05) is 0 Å². The molecule has 0 saturated carbocycles. The van der Waals surface area contributed by atoms with Crippen LogP contribution in [0.4, 0.5) is 0 Å². The molecular weight excluding hydrogens is 196 g/mol. The molecule has 0 aliphatic rings. The van der Waals surface area contributed by atoms with Gasteiger partial charge in [0.25, 0.3) is 0 Å². The van der Waals surface area contributed by atoms with Crippen molar-refractivity contribution in [3.05, 3.63) is 35.4 Å². The molecule has 0 spiro atoms. The van der Waals surface area contributed by atoms with Crippen LogP contribution in [-0.4, -0.2) is 14.0 Å². The summed E-state index contributed by atoms with van der Waals surface area (Å²) in [5.74, 6) is 0.112. The van der Waals surface area contributed by atoms with E-state index in [1.54, 1.807) is 6.92 Å². The van der Waals surface area contributed by atoms with Crippen molar-refractivity contribution >= 4 is 11.1 Å². The Hall–Kier alpha value is -0.670. The highest BCUT2D eigenvalue weighted by atomic mass is 32.2. The molecule has 0 aliphatic carbocycles. The van der Waals surface area contributed by atoms with E-state index >= 15 is 0 Å². The molecule has 14 heavy (non-hydrogen) atoms. The summed E-state index contributed by atoms with van der Waals surface area (Å²) in [6.45, 7) is 5.80. The van der Waals surface area contributed by atoms with Gasteiger partial charge in [-0.05, 0) is 25.3 Å². The largest absolute Gasteiger partial charge is 0.306 e. The summed E-state index contributed by atoms with van der Waals surface area (Å²) in [4.78, 5) is 0. The average Bonchev–Trinajstić information content (AvgIpc) is 2.16. The molecule has 0 radical (unpaired) electrons. The van der Waals surface area contributed by atoms with E-state index in [-0.39, 0.29) is 11.2 Å². The van der Waals surface area contributed by atoms with Crippen LogP contribution in [0.3, 0.4) is 0 Å². The highest BCUT2D eigenvalue weighted by molar-refractivity contribution is 7.79. The topological polar surface area (TPSA) is 37.3 Å². The van der Waals surface area contributed by atoms with Gasteiger partial charge in [0.1, 0.15) is 0 Å². The van der Waals surface area contributed by atoms with Crippen LogP contribution in [-0.2, 0) is 11.1 Å². The Bertz CT molecular complexity index is 319. The number of hydrogen-bond donors (Lipinski definition) is 1. The molecule has 0 bridgehead atoms. The zero-order valence-electron chi connectivity index (χ0n) is 8.73. The van der Waals surface area contributed by atoms with Crippen LogP contribution in [0.5, 0.6) is 0 Å². The predicted octanol–water partition coefficient (Wildman–Crippen LogP) is 2.71. The third kappa shape index (κ3) is 2.66. The average molecular weight is 212 g/mol. The van der Waals surface area contributed by atoms with Gasteiger partial charge >= 0.3 is 0 Å². The van der Waals surface area contributed by atoms with Crippen molar-refractivity contribution in [1.82, 2.24) is 0 Å². The highest BCUT2D eigenvalue weighted by Crippen LogP contribution is 2.22. The van der Waals surface area contributed by atoms with E-state index in [1.165, 1.54) is 5.56 Å². The van der Waals surface area contributed by atoms with E-state index in [4.69, 9.17) is 4.55 Å². The lowest BCUT2D eigenvalue weighted by molar-refractivity contribution is 0.538. The summed E-state index contributed by atoms with van der Waals surface area (Å²) < 4.78 is 19.9. The molecule has 0 fully saturated rings. The number of benzene rings is 1. The molecule has 3 atom stereocenters. The third-order valence-electron chi connectivity index (χ3n) is 2.63. The summed E-state index contributed by atoms with van der Waals surface area (Å²) in [5, 5.41) is -0.224. The van der Waals surface area contributed by atoms with E-state index in [0.717, 1.165) is 5.56 Å². The molecule has 0 saturated heterocycles. The fraction of sp³-hybridized carbons (Fsp3) is 0.455. The number of aryl methyl sites for hydroxylation is 1. The zero-order chi connectivity index (χ0) is 10.7. The Morgan fingerprint density at radius 1 is 1.21 bits per heavy atom. The van der Waals surface area contributed by atoms with Crippen molar-refractivity contribution in [2.45, 2.75) is 31.9 Å². The minimum Gasteiger partial charge on any atom is -0.306 e. The Labute approximate surface area is 87.6 Å². The second kappa shape index (κ2) is 4.71. The van der Waals surface area contributed by atoms with Crippen LogP contribution in [0.1, 0.15) is 30.9 Å². The van der Waals surface area contributed by atoms with E-state index in [1.807, 2.05) is 38.1 Å². The summed E-state index contributed by atoms with van der Waals surface area (Å²) in [6.07, 6.45) is 0. The molecule has 3 heteroatoms. The molecule has 0 aromatic heterocycles. The molecule has 1 aromatic carbocycles. The fourth-order valence-electron chi connectivity index (χ4n) is 1.32. The Balaban J connectivity index is 2.84. The summed E-state index contributed by atoms with van der Waals surface area (Å²) in [7, 11) is 0. The molecule has 0 aliphatic heterocycles. The number of rotatable bonds is 3. The van der Waals surface area contributed by atoms with Crippen molar-refractivity contribution in [2.24, 2.45) is 0 Å². The molecule has 1 N–H and O–H groups in total. The van der Waals surface area contributed by atoms with Crippen LogP contribution >= 0.6 is 0 Å². The third-order valence-corrected chi connectivity index (χ3v) is 3.67. The Morgan fingerprint density at radius 3 is 2.14 bits per heavy atom. The van der Waals surface area contributed by atoms with Gasteiger partial charge in [-0.1, -0.05) is 36.8 Å². The molecule has 78 valence electrons. The SMILES string of the molecule is Cc1ccc(C(C)C(C)S(=O)O)cc1. The van der Waals surface area contributed by atoms with Gasteiger partial charge in [0, 0.05) is 0 Å². The van der Waals surface area contributed by atoms with Gasteiger partial charge in [-0.3, -0.25) is 0 Å². The fourth-order valence-corrected chi connectivity index (χ4v) is 1.82. The Kier molecular flexibility index (Phi) is 3.84. The van der Waals surface area contributed by atoms with E-state index in [0.29, 0.717) is 0 Å². The molecule has 2 nitrogen and oxygen atoms in total. The minimum absolute atomic E-state index is 0.112. The van der Waals surface area contributed by atoms with Crippen LogP contribution in [0.15, 0.2) is 24.3 Å². The predicted molar refractivity (Wildman–Crippen MR) is 59.8 cm³/mol. The summed E-state index contributed by atoms with van der Waals surface area (Å²) in [5.41, 5.74) is 2.32. The normalized spacial score (nSPS) is 17.4. The lowest BCUT2D eigenvalue weighted by Crippen LogP contribution is -2.17. The van der Waals surface area contributed by atoms with Gasteiger partial charge in [0.2, 0.25) is 0 Å². The smallest absolute Gasteiger partial charge is 0.156 e. The van der Waals surface area contributed by atoms with Crippen molar-refractivity contribution in [3.8, 4) is 0 Å². The highest BCUT2D eigenvalue weighted by Gasteiger charge is 2.18. The van der Waals surface area contributed by atoms with Crippen LogP contribution < -0.4 is 0 Å². The van der Waals surface area contributed by atoms with Crippen molar-refractivity contribution in [3.63, 3.8) is 0 Å². The second-order valence-corrected chi connectivity index (χ2v) is 4.98. The summed E-state index contributed by atoms with van der Waals surface area (Å²) >= 11 is -1.75. The van der Waals surface area contributed by atoms with Gasteiger partial charge in [0.15, 0.2) is 11.1 Å². The van der Waals surface area contributed by atoms with Crippen LogP contribution in [0.2, 0.25) is 0 Å². The lowest BCUT2D eigenvalue weighted by Gasteiger charge is -2.16. The van der Waals surface area contributed by atoms with Crippen LogP contribution in [0, 0.1) is 6.92 Å². The molecular formula is C11H16O2S. The molecule has 1 aromatic rings. The first-order valence-corrected chi connectivity index (χ1v) is 5.85. The van der Waals surface area contributed by atoms with Gasteiger partial charge < -0.3 is 4.55 Å². The first-order chi connectivity index (χ1) is 6.52. The Morgan fingerprint density at radius 2 is 1.71 bits per heavy atom. The number of hydrogen-bond acceptors (Lipinski definition) is 1. The molecule has 0 amide bonds. The van der Waals surface area contributed by atoms with Gasteiger partial charge in [-0.15, -0.1) is 0 Å². The van der Waals surface area contributed by atoms with Crippen molar-refractivity contribution < 1.29 is 8.76 Å². The monoisotopic (exact) mass is 212 g/mol. The van der Waals surface area contributed by atoms with E-state index in [9.17, 15) is 4.21 Å². The van der Waals surface area contributed by atoms with Gasteiger partial charge in [-0.2, -0.15) is 0 Å². The maximum absolute atomic E-state index is 10.9. The second-order valence-electron chi connectivity index (χ2n) is 3.68. The van der Waals surface area contributed by atoms with E-state index in [2.05, 4.69) is 0 Å². The summed E-state index contributed by atoms with van der Waals surface area (Å²) in [6, 6.07) is 8.09. The quantitative estimate of drug-likeness (QED) is 0.782. The van der Waals surface area contributed by atoms with E-state index < -0.39 is 11.1 Å². The maximum Gasteiger partial charge on any atom is 0.156 e. The van der Waals surface area contributed by atoms with Gasteiger partial charge in [-0.25, -0.2) is 4.21 Å². The maximum atomic E-state index is 10.9.